The minimum Gasteiger partial charge on any atom is -0.359 e. The van der Waals surface area contributed by atoms with Crippen LogP contribution in [-0.4, -0.2) is 25.5 Å². The van der Waals surface area contributed by atoms with Crippen LogP contribution in [-0.2, 0) is 10.2 Å². The monoisotopic (exact) mass is 290 g/mol. The Morgan fingerprint density at radius 1 is 1.14 bits per heavy atom. The van der Waals surface area contributed by atoms with Crippen LogP contribution in [0.15, 0.2) is 30.3 Å². The van der Waals surface area contributed by atoms with Crippen molar-refractivity contribution in [1.82, 2.24) is 10.6 Å². The van der Waals surface area contributed by atoms with Crippen LogP contribution in [0, 0.1) is 5.41 Å². The summed E-state index contributed by atoms with van der Waals surface area (Å²) in [6, 6.07) is 10.9. The van der Waals surface area contributed by atoms with Gasteiger partial charge in [-0.3, -0.25) is 4.79 Å². The second kappa shape index (κ2) is 7.08. The molecule has 2 N–H and O–H groups in total. The minimum atomic E-state index is -0.389. The van der Waals surface area contributed by atoms with Crippen molar-refractivity contribution in [3.63, 3.8) is 0 Å². The largest absolute Gasteiger partial charge is 0.359 e. The third kappa shape index (κ3) is 5.16. The molecule has 21 heavy (non-hydrogen) atoms. The zero-order valence-electron chi connectivity index (χ0n) is 14.3. The Hall–Kier alpha value is -1.35. The Labute approximate surface area is 129 Å². The average Bonchev–Trinajstić information content (AvgIpc) is 2.45. The molecule has 0 fully saturated rings. The van der Waals surface area contributed by atoms with Crippen molar-refractivity contribution in [2.75, 3.05) is 13.6 Å². The Morgan fingerprint density at radius 3 is 2.24 bits per heavy atom. The van der Waals surface area contributed by atoms with Crippen LogP contribution in [0.3, 0.4) is 0 Å². The van der Waals surface area contributed by atoms with Crippen LogP contribution in [0.1, 0.15) is 46.6 Å². The summed E-state index contributed by atoms with van der Waals surface area (Å²) in [5.41, 5.74) is 1.08. The highest BCUT2D eigenvalue weighted by atomic mass is 16.2. The predicted molar refractivity (Wildman–Crippen MR) is 89.4 cm³/mol. The maximum Gasteiger partial charge on any atom is 0.226 e. The van der Waals surface area contributed by atoms with Crippen LogP contribution in [0.4, 0.5) is 0 Å². The van der Waals surface area contributed by atoms with Crippen LogP contribution in [0.5, 0.6) is 0 Å². The van der Waals surface area contributed by atoms with E-state index >= 15 is 0 Å². The highest BCUT2D eigenvalue weighted by Crippen LogP contribution is 2.28. The molecule has 3 nitrogen and oxygen atoms in total. The number of carbonyl (C=O) groups is 1. The second-order valence-corrected chi connectivity index (χ2v) is 7.20. The highest BCUT2D eigenvalue weighted by Gasteiger charge is 2.28. The zero-order valence-corrected chi connectivity index (χ0v) is 14.3. The third-order valence-electron chi connectivity index (χ3n) is 4.11. The van der Waals surface area contributed by atoms with Gasteiger partial charge in [0, 0.05) is 19.6 Å². The van der Waals surface area contributed by atoms with E-state index in [0.29, 0.717) is 12.6 Å². The van der Waals surface area contributed by atoms with Crippen LogP contribution in [0.2, 0.25) is 0 Å². The fraction of sp³-hybridized carbons (Fsp3) is 0.611. The minimum absolute atomic E-state index is 0.0736. The summed E-state index contributed by atoms with van der Waals surface area (Å²) in [7, 11) is 1.69. The van der Waals surface area contributed by atoms with E-state index in [1.54, 1.807) is 7.05 Å². The van der Waals surface area contributed by atoms with E-state index in [1.807, 2.05) is 19.9 Å². The van der Waals surface area contributed by atoms with Crippen molar-refractivity contribution in [2.45, 2.75) is 52.5 Å². The predicted octanol–water partition coefficient (Wildman–Crippen LogP) is 3.10. The van der Waals surface area contributed by atoms with Crippen molar-refractivity contribution in [1.29, 1.82) is 0 Å². The van der Waals surface area contributed by atoms with Crippen molar-refractivity contribution < 1.29 is 4.79 Å². The molecule has 0 radical (unpaired) electrons. The van der Waals surface area contributed by atoms with Gasteiger partial charge >= 0.3 is 0 Å². The summed E-state index contributed by atoms with van der Waals surface area (Å²) in [6.07, 6.45) is 1.03. The first-order chi connectivity index (χ1) is 9.69. The molecule has 0 saturated carbocycles. The van der Waals surface area contributed by atoms with Gasteiger partial charge in [0.05, 0.1) is 5.41 Å². The second-order valence-electron chi connectivity index (χ2n) is 7.20. The molecule has 0 aliphatic heterocycles. The van der Waals surface area contributed by atoms with Gasteiger partial charge < -0.3 is 10.6 Å². The first kappa shape index (κ1) is 17.7. The summed E-state index contributed by atoms with van der Waals surface area (Å²) >= 11 is 0. The van der Waals surface area contributed by atoms with E-state index in [4.69, 9.17) is 0 Å². The maximum atomic E-state index is 11.8. The fourth-order valence-corrected chi connectivity index (χ4v) is 2.69. The number of benzene rings is 1. The first-order valence-corrected chi connectivity index (χ1v) is 7.70. The van der Waals surface area contributed by atoms with Crippen LogP contribution in [0.25, 0.3) is 0 Å². The molecule has 1 atom stereocenters. The molecule has 1 aromatic carbocycles. The summed E-state index contributed by atoms with van der Waals surface area (Å²) in [5.74, 6) is 0.0736. The molecule has 0 aliphatic rings. The lowest BCUT2D eigenvalue weighted by Crippen LogP contribution is -2.45. The van der Waals surface area contributed by atoms with E-state index in [9.17, 15) is 4.79 Å². The molecule has 1 unspecified atom stereocenters. The van der Waals surface area contributed by atoms with E-state index in [1.165, 1.54) is 5.56 Å². The molecule has 0 aliphatic carbocycles. The number of hydrogen-bond donors (Lipinski definition) is 2. The van der Waals surface area contributed by atoms with E-state index in [2.05, 4.69) is 55.7 Å². The van der Waals surface area contributed by atoms with Gasteiger partial charge in [0.1, 0.15) is 0 Å². The Morgan fingerprint density at radius 2 is 1.71 bits per heavy atom. The lowest BCUT2D eigenvalue weighted by atomic mass is 9.79. The molecule has 0 saturated heterocycles. The van der Waals surface area contributed by atoms with E-state index in [-0.39, 0.29) is 16.7 Å². The van der Waals surface area contributed by atoms with Crippen molar-refractivity contribution in [3.05, 3.63) is 35.9 Å². The van der Waals surface area contributed by atoms with Gasteiger partial charge in [-0.1, -0.05) is 44.2 Å². The molecular formula is C18H30N2O. The molecule has 1 amide bonds. The van der Waals surface area contributed by atoms with Gasteiger partial charge in [-0.05, 0) is 38.2 Å². The lowest BCUT2D eigenvalue weighted by molar-refractivity contribution is -0.128. The number of carbonyl (C=O) groups excluding carboxylic acids is 1. The maximum absolute atomic E-state index is 11.8. The van der Waals surface area contributed by atoms with Crippen molar-refractivity contribution in [3.8, 4) is 0 Å². The van der Waals surface area contributed by atoms with Gasteiger partial charge in [0.2, 0.25) is 5.91 Å². The van der Waals surface area contributed by atoms with Crippen molar-refractivity contribution >= 4 is 5.91 Å². The Balaban J connectivity index is 2.58. The summed E-state index contributed by atoms with van der Waals surface area (Å²) in [4.78, 5) is 11.8. The number of nitrogens with one attached hydrogen (secondary N) is 2. The summed E-state index contributed by atoms with van der Waals surface area (Å²) in [5, 5.41) is 6.23. The summed E-state index contributed by atoms with van der Waals surface area (Å²) < 4.78 is 0. The molecule has 1 aromatic rings. The topological polar surface area (TPSA) is 41.1 Å². The number of hydrogen-bond acceptors (Lipinski definition) is 2. The molecule has 0 spiro atoms. The number of rotatable bonds is 7. The zero-order chi connectivity index (χ0) is 16.1. The lowest BCUT2D eigenvalue weighted by Gasteiger charge is -2.31. The molecule has 0 heterocycles. The summed E-state index contributed by atoms with van der Waals surface area (Å²) in [6.45, 7) is 11.3. The molecule has 0 aromatic heterocycles. The van der Waals surface area contributed by atoms with Gasteiger partial charge in [-0.25, -0.2) is 0 Å². The molecular weight excluding hydrogens is 260 g/mol. The van der Waals surface area contributed by atoms with Crippen LogP contribution >= 0.6 is 0 Å². The Bertz CT molecular complexity index is 452. The average molecular weight is 290 g/mol. The molecule has 0 bridgehead atoms. The van der Waals surface area contributed by atoms with Gasteiger partial charge in [0.25, 0.3) is 0 Å². The van der Waals surface area contributed by atoms with Gasteiger partial charge in [0.15, 0.2) is 0 Å². The highest BCUT2D eigenvalue weighted by molar-refractivity contribution is 5.81. The molecule has 1 rings (SSSR count). The first-order valence-electron chi connectivity index (χ1n) is 7.70. The SMILES string of the molecule is CNC(=O)C(C)(C)CNC(C)CC(C)(C)c1ccccc1. The number of amides is 1. The third-order valence-corrected chi connectivity index (χ3v) is 4.11. The van der Waals surface area contributed by atoms with Gasteiger partial charge in [-0.2, -0.15) is 0 Å². The molecule has 3 heteroatoms. The molecule has 118 valence electrons. The fourth-order valence-electron chi connectivity index (χ4n) is 2.69. The van der Waals surface area contributed by atoms with E-state index < -0.39 is 0 Å². The standard InChI is InChI=1S/C18H30N2O/c1-14(20-13-18(4,5)16(21)19-6)12-17(2,3)15-10-8-7-9-11-15/h7-11,14,20H,12-13H2,1-6H3,(H,19,21). The van der Waals surface area contributed by atoms with Crippen LogP contribution < -0.4 is 10.6 Å². The Kier molecular flexibility index (Phi) is 5.97. The van der Waals surface area contributed by atoms with E-state index in [0.717, 1.165) is 6.42 Å². The normalized spacial score (nSPS) is 13.8. The quantitative estimate of drug-likeness (QED) is 0.810. The van der Waals surface area contributed by atoms with Gasteiger partial charge in [-0.15, -0.1) is 0 Å². The van der Waals surface area contributed by atoms with Crippen molar-refractivity contribution in [2.24, 2.45) is 5.41 Å². The smallest absolute Gasteiger partial charge is 0.226 e.